The van der Waals surface area contributed by atoms with Crippen molar-refractivity contribution in [2.45, 2.75) is 71.5 Å². The van der Waals surface area contributed by atoms with Gasteiger partial charge in [-0.15, -0.1) is 0 Å². The van der Waals surface area contributed by atoms with Crippen LogP contribution in [-0.4, -0.2) is 62.2 Å². The molecule has 1 saturated carbocycles. The van der Waals surface area contributed by atoms with Crippen LogP contribution in [0.1, 0.15) is 55.7 Å². The van der Waals surface area contributed by atoms with Crippen molar-refractivity contribution in [3.63, 3.8) is 0 Å². The first-order valence-electron chi connectivity index (χ1n) is 13.0. The van der Waals surface area contributed by atoms with Crippen LogP contribution in [0.5, 0.6) is 0 Å². The highest BCUT2D eigenvalue weighted by Crippen LogP contribution is 2.26. The third kappa shape index (κ3) is 7.57. The molecule has 0 unspecified atom stereocenters. The number of amides is 2. The van der Waals surface area contributed by atoms with E-state index in [1.54, 1.807) is 13.0 Å². The Balaban J connectivity index is 1.94. The first-order chi connectivity index (χ1) is 17.9. The molecule has 8 nitrogen and oxygen atoms in total. The lowest BCUT2D eigenvalue weighted by atomic mass is 9.95. The second-order valence-corrected chi connectivity index (χ2v) is 13.2. The molecule has 2 aromatic carbocycles. The van der Waals surface area contributed by atoms with Crippen LogP contribution in [0.15, 0.2) is 46.9 Å². The van der Waals surface area contributed by atoms with Crippen molar-refractivity contribution >= 4 is 43.6 Å². The minimum Gasteiger partial charge on any atom is -0.352 e. The topological polar surface area (TPSA) is 90.0 Å². The van der Waals surface area contributed by atoms with Gasteiger partial charge in [0.05, 0.1) is 5.69 Å². The van der Waals surface area contributed by atoms with Gasteiger partial charge in [0, 0.05) is 31.2 Å². The van der Waals surface area contributed by atoms with Gasteiger partial charge in [0.15, 0.2) is 0 Å². The minimum atomic E-state index is -3.99. The minimum absolute atomic E-state index is 0.101. The second kappa shape index (κ2) is 13.1. The highest BCUT2D eigenvalue weighted by Gasteiger charge is 2.33. The van der Waals surface area contributed by atoms with E-state index >= 15 is 0 Å². The molecule has 38 heavy (non-hydrogen) atoms. The lowest BCUT2D eigenvalue weighted by Gasteiger charge is -2.34. The number of nitrogens with one attached hydrogen (secondary N) is 1. The smallest absolute Gasteiger partial charge is 0.304 e. The van der Waals surface area contributed by atoms with Crippen molar-refractivity contribution in [1.29, 1.82) is 0 Å². The van der Waals surface area contributed by atoms with Gasteiger partial charge in [-0.05, 0) is 68.5 Å². The molecule has 1 aliphatic carbocycles. The van der Waals surface area contributed by atoms with Crippen LogP contribution in [-0.2, 0) is 26.3 Å². The van der Waals surface area contributed by atoms with Gasteiger partial charge in [-0.1, -0.05) is 59.5 Å². The van der Waals surface area contributed by atoms with Crippen LogP contribution in [0.25, 0.3) is 0 Å². The average Bonchev–Trinajstić information content (AvgIpc) is 2.88. The zero-order chi connectivity index (χ0) is 28.0. The Bertz CT molecular complexity index is 1230. The monoisotopic (exact) mass is 606 g/mol. The van der Waals surface area contributed by atoms with E-state index in [0.29, 0.717) is 5.69 Å². The first kappa shape index (κ1) is 30.1. The largest absolute Gasteiger partial charge is 0.352 e. The fraction of sp³-hybridized carbons (Fsp3) is 0.500. The van der Waals surface area contributed by atoms with Crippen molar-refractivity contribution in [2.24, 2.45) is 0 Å². The molecule has 0 radical (unpaired) electrons. The van der Waals surface area contributed by atoms with E-state index in [2.05, 4.69) is 21.2 Å². The van der Waals surface area contributed by atoms with Gasteiger partial charge < -0.3 is 10.2 Å². The quantitative estimate of drug-likeness (QED) is 0.430. The molecule has 1 N–H and O–H groups in total. The molecule has 208 valence electrons. The summed E-state index contributed by atoms with van der Waals surface area (Å²) in [5.41, 5.74) is 2.89. The SMILES string of the molecule is Cc1ccc(C)c(N(CC(=O)N(Cc2ccc(Br)cc2)[C@H](C)C(=O)NC2CCCCC2)S(=O)(=O)N(C)C)c1. The maximum absolute atomic E-state index is 13.9. The summed E-state index contributed by atoms with van der Waals surface area (Å²) in [5, 5.41) is 3.12. The molecule has 2 aromatic rings. The van der Waals surface area contributed by atoms with Gasteiger partial charge in [-0.2, -0.15) is 12.7 Å². The van der Waals surface area contributed by atoms with Crippen LogP contribution in [0, 0.1) is 13.8 Å². The van der Waals surface area contributed by atoms with Crippen molar-refractivity contribution in [3.8, 4) is 0 Å². The normalized spacial score (nSPS) is 15.2. The maximum Gasteiger partial charge on any atom is 0.304 e. The molecule has 0 aromatic heterocycles. The highest BCUT2D eigenvalue weighted by molar-refractivity contribution is 9.10. The van der Waals surface area contributed by atoms with E-state index in [1.165, 1.54) is 25.4 Å². The predicted molar refractivity (Wildman–Crippen MR) is 155 cm³/mol. The molecule has 2 amide bonds. The number of benzene rings is 2. The summed E-state index contributed by atoms with van der Waals surface area (Å²) < 4.78 is 30.0. The van der Waals surface area contributed by atoms with Crippen LogP contribution in [0.4, 0.5) is 5.69 Å². The van der Waals surface area contributed by atoms with E-state index < -0.39 is 28.7 Å². The van der Waals surface area contributed by atoms with Gasteiger partial charge >= 0.3 is 10.2 Å². The van der Waals surface area contributed by atoms with Crippen molar-refractivity contribution in [1.82, 2.24) is 14.5 Å². The summed E-state index contributed by atoms with van der Waals surface area (Å²) >= 11 is 3.43. The lowest BCUT2D eigenvalue weighted by molar-refractivity contribution is -0.139. The number of halogens is 1. The third-order valence-electron chi connectivity index (χ3n) is 7.04. The fourth-order valence-electron chi connectivity index (χ4n) is 4.63. The molecule has 1 fully saturated rings. The van der Waals surface area contributed by atoms with Gasteiger partial charge in [0.2, 0.25) is 11.8 Å². The zero-order valence-electron chi connectivity index (χ0n) is 22.9. The Morgan fingerprint density at radius 3 is 2.26 bits per heavy atom. The molecule has 1 aliphatic rings. The van der Waals surface area contributed by atoms with Gasteiger partial charge in [-0.25, -0.2) is 4.31 Å². The lowest BCUT2D eigenvalue weighted by Crippen LogP contribution is -2.53. The number of carbonyl (C=O) groups excluding carboxylic acids is 2. The van der Waals surface area contributed by atoms with Gasteiger partial charge in [-0.3, -0.25) is 9.59 Å². The van der Waals surface area contributed by atoms with E-state index in [9.17, 15) is 18.0 Å². The summed E-state index contributed by atoms with van der Waals surface area (Å²) in [6.07, 6.45) is 5.19. The van der Waals surface area contributed by atoms with E-state index in [4.69, 9.17) is 0 Å². The van der Waals surface area contributed by atoms with Gasteiger partial charge in [0.25, 0.3) is 0 Å². The van der Waals surface area contributed by atoms with Crippen molar-refractivity contribution < 1.29 is 18.0 Å². The summed E-state index contributed by atoms with van der Waals surface area (Å²) in [5.74, 6) is -0.679. The number of aryl methyl sites for hydroxylation is 2. The molecule has 0 bridgehead atoms. The van der Waals surface area contributed by atoms with E-state index in [-0.39, 0.29) is 18.5 Å². The fourth-order valence-corrected chi connectivity index (χ4v) is 6.01. The van der Waals surface area contributed by atoms with Crippen LogP contribution in [0.2, 0.25) is 0 Å². The molecule has 10 heteroatoms. The summed E-state index contributed by atoms with van der Waals surface area (Å²) in [6, 6.07) is 12.4. The Morgan fingerprint density at radius 1 is 1.03 bits per heavy atom. The molecule has 0 heterocycles. The zero-order valence-corrected chi connectivity index (χ0v) is 25.3. The van der Waals surface area contributed by atoms with Crippen LogP contribution in [0.3, 0.4) is 0 Å². The van der Waals surface area contributed by atoms with Crippen LogP contribution < -0.4 is 9.62 Å². The molecule has 1 atom stereocenters. The van der Waals surface area contributed by atoms with Crippen molar-refractivity contribution in [2.75, 3.05) is 24.9 Å². The average molecular weight is 608 g/mol. The second-order valence-electron chi connectivity index (χ2n) is 10.3. The van der Waals surface area contributed by atoms with E-state index in [1.807, 2.05) is 50.2 Å². The predicted octanol–water partition coefficient (Wildman–Crippen LogP) is 4.54. The molecule has 3 rings (SSSR count). The third-order valence-corrected chi connectivity index (χ3v) is 9.37. The molecule has 0 aliphatic heterocycles. The molecule has 0 spiro atoms. The number of carbonyl (C=O) groups is 2. The Morgan fingerprint density at radius 2 is 1.66 bits per heavy atom. The standard InChI is InChI=1S/C28H39BrN4O4S/c1-20-11-12-21(2)26(17-20)33(38(36,37)31(4)5)19-27(34)32(18-23-13-15-24(29)16-14-23)22(3)28(35)30-25-9-7-6-8-10-25/h11-17,22,25H,6-10,18-19H2,1-5H3,(H,30,35)/t22-/m1/s1. The molecular formula is C28H39BrN4O4S. The first-order valence-corrected chi connectivity index (χ1v) is 15.2. The van der Waals surface area contributed by atoms with Crippen LogP contribution >= 0.6 is 15.9 Å². The number of anilines is 1. The number of rotatable bonds is 10. The number of nitrogens with zero attached hydrogens (tertiary/aromatic N) is 3. The van der Waals surface area contributed by atoms with Crippen molar-refractivity contribution in [3.05, 3.63) is 63.6 Å². The summed E-state index contributed by atoms with van der Waals surface area (Å²) in [6.45, 7) is 5.15. The van der Waals surface area contributed by atoms with E-state index in [0.717, 1.165) is 55.5 Å². The number of hydrogen-bond donors (Lipinski definition) is 1. The highest BCUT2D eigenvalue weighted by atomic mass is 79.9. The number of hydrogen-bond acceptors (Lipinski definition) is 4. The molecular weight excluding hydrogens is 568 g/mol. The maximum atomic E-state index is 13.9. The Kier molecular flexibility index (Phi) is 10.4. The molecule has 0 saturated heterocycles. The Labute approximate surface area is 235 Å². The Hall–Kier alpha value is -2.43. The van der Waals surface area contributed by atoms with Gasteiger partial charge in [0.1, 0.15) is 12.6 Å². The summed E-state index contributed by atoms with van der Waals surface area (Å²) in [7, 11) is -1.11. The summed E-state index contributed by atoms with van der Waals surface area (Å²) in [4.78, 5) is 28.7.